The van der Waals surface area contributed by atoms with E-state index in [-0.39, 0.29) is 26.4 Å². The van der Waals surface area contributed by atoms with Crippen LogP contribution in [0.1, 0.15) is 114 Å². The number of aliphatic hydroxyl groups excluding tert-OH is 2. The number of rotatable bonds is 27. The molecule has 2 aromatic rings. The molecular weight excluding hydrogens is 552 g/mol. The van der Waals surface area contributed by atoms with Crippen LogP contribution in [0, 0.1) is 0 Å². The smallest absolute Gasteiger partial charge is 0.119 e. The molecule has 0 aromatic heterocycles. The molecule has 0 fully saturated rings. The summed E-state index contributed by atoms with van der Waals surface area (Å²) >= 11 is 0. The highest BCUT2D eigenvalue weighted by Gasteiger charge is 2.10. The van der Waals surface area contributed by atoms with Crippen LogP contribution in [0.15, 0.2) is 36.4 Å². The second-order valence-corrected chi connectivity index (χ2v) is 12.2. The number of benzene rings is 2. The topological polar surface area (TPSA) is 77.4 Å². The average molecular weight is 615 g/mol. The molecule has 0 bridgehead atoms. The lowest BCUT2D eigenvalue weighted by atomic mass is 10.0. The molecule has 0 spiro atoms. The minimum absolute atomic E-state index is 0.219. The molecule has 0 aliphatic heterocycles. The standard InChI is InChI=1S/C38H62O6/c1-5-9-15-31-21-32(16-10-6-2)24-37(23-31)43-29-35(39)27-41-19-13-14-20-42-28-36(40)30-44-38-25-33(17-11-7-3)22-34(26-38)18-12-8-4/h21-26,35-36,39-40H,5-20,27-30H2,1-4H3. The summed E-state index contributed by atoms with van der Waals surface area (Å²) < 4.78 is 23.2. The summed E-state index contributed by atoms with van der Waals surface area (Å²) in [5.41, 5.74) is 5.25. The van der Waals surface area contributed by atoms with E-state index in [0.717, 1.165) is 50.0 Å². The van der Waals surface area contributed by atoms with Crippen LogP contribution in [-0.4, -0.2) is 62.1 Å². The highest BCUT2D eigenvalue weighted by Crippen LogP contribution is 2.22. The second kappa shape index (κ2) is 24.2. The van der Waals surface area contributed by atoms with Gasteiger partial charge in [-0.05, 0) is 111 Å². The quantitative estimate of drug-likeness (QED) is 0.0992. The van der Waals surface area contributed by atoms with Crippen LogP contribution in [-0.2, 0) is 35.2 Å². The van der Waals surface area contributed by atoms with E-state index in [2.05, 4.69) is 64.1 Å². The molecule has 0 radical (unpaired) electrons. The van der Waals surface area contributed by atoms with Gasteiger partial charge in [-0.15, -0.1) is 0 Å². The van der Waals surface area contributed by atoms with Gasteiger partial charge < -0.3 is 29.2 Å². The van der Waals surface area contributed by atoms with Crippen molar-refractivity contribution in [3.8, 4) is 11.5 Å². The highest BCUT2D eigenvalue weighted by atomic mass is 16.5. The van der Waals surface area contributed by atoms with Crippen LogP contribution in [0.3, 0.4) is 0 Å². The van der Waals surface area contributed by atoms with Gasteiger partial charge in [-0.25, -0.2) is 0 Å². The maximum atomic E-state index is 10.4. The molecule has 0 aliphatic carbocycles. The van der Waals surface area contributed by atoms with Gasteiger partial charge in [-0.1, -0.05) is 65.5 Å². The van der Waals surface area contributed by atoms with E-state index >= 15 is 0 Å². The zero-order valence-corrected chi connectivity index (χ0v) is 28.3. The van der Waals surface area contributed by atoms with Crippen molar-refractivity contribution in [3.63, 3.8) is 0 Å². The first-order valence-corrected chi connectivity index (χ1v) is 17.5. The van der Waals surface area contributed by atoms with E-state index in [1.807, 2.05) is 0 Å². The summed E-state index contributed by atoms with van der Waals surface area (Å²) in [6.07, 6.45) is 13.9. The van der Waals surface area contributed by atoms with Gasteiger partial charge in [0.05, 0.1) is 13.2 Å². The Morgan fingerprint density at radius 3 is 1.07 bits per heavy atom. The predicted octanol–water partition coefficient (Wildman–Crippen LogP) is 8.05. The number of hydrogen-bond donors (Lipinski definition) is 2. The summed E-state index contributed by atoms with van der Waals surface area (Å²) in [6.45, 7) is 10.9. The zero-order chi connectivity index (χ0) is 31.8. The van der Waals surface area contributed by atoms with Crippen LogP contribution >= 0.6 is 0 Å². The Kier molecular flexibility index (Phi) is 20.9. The first-order chi connectivity index (χ1) is 21.5. The van der Waals surface area contributed by atoms with Crippen LogP contribution in [0.2, 0.25) is 0 Å². The van der Waals surface area contributed by atoms with Crippen molar-refractivity contribution in [3.05, 3.63) is 58.7 Å². The lowest BCUT2D eigenvalue weighted by molar-refractivity contribution is 0.000245. The van der Waals surface area contributed by atoms with Gasteiger partial charge in [0, 0.05) is 13.2 Å². The Morgan fingerprint density at radius 1 is 0.455 bits per heavy atom. The lowest BCUT2D eigenvalue weighted by Gasteiger charge is -2.15. The third-order valence-electron chi connectivity index (χ3n) is 7.66. The molecule has 0 heterocycles. The van der Waals surface area contributed by atoms with Gasteiger partial charge >= 0.3 is 0 Å². The summed E-state index contributed by atoms with van der Waals surface area (Å²) in [7, 11) is 0. The second-order valence-electron chi connectivity index (χ2n) is 12.2. The van der Waals surface area contributed by atoms with Crippen molar-refractivity contribution in [1.29, 1.82) is 0 Å². The van der Waals surface area contributed by atoms with E-state index < -0.39 is 12.2 Å². The summed E-state index contributed by atoms with van der Waals surface area (Å²) in [6, 6.07) is 13.0. The number of aliphatic hydroxyl groups is 2. The van der Waals surface area contributed by atoms with Crippen molar-refractivity contribution in [2.24, 2.45) is 0 Å². The lowest BCUT2D eigenvalue weighted by Crippen LogP contribution is -2.24. The number of hydrogen-bond acceptors (Lipinski definition) is 6. The van der Waals surface area contributed by atoms with Gasteiger partial charge in [0.15, 0.2) is 0 Å². The summed E-state index contributed by atoms with van der Waals surface area (Å²) in [4.78, 5) is 0. The molecule has 2 aromatic carbocycles. The molecule has 6 nitrogen and oxygen atoms in total. The molecule has 0 aliphatic rings. The van der Waals surface area contributed by atoms with Crippen molar-refractivity contribution >= 4 is 0 Å². The number of aryl methyl sites for hydroxylation is 4. The number of unbranched alkanes of at least 4 members (excludes halogenated alkanes) is 5. The van der Waals surface area contributed by atoms with Crippen molar-refractivity contribution < 1.29 is 29.2 Å². The Labute approximate surface area is 268 Å². The van der Waals surface area contributed by atoms with Gasteiger partial charge in [0.25, 0.3) is 0 Å². The van der Waals surface area contributed by atoms with Gasteiger partial charge in [-0.3, -0.25) is 0 Å². The molecule has 0 amide bonds. The monoisotopic (exact) mass is 614 g/mol. The molecule has 2 atom stereocenters. The van der Waals surface area contributed by atoms with Gasteiger partial charge in [-0.2, -0.15) is 0 Å². The zero-order valence-electron chi connectivity index (χ0n) is 28.3. The molecule has 6 heteroatoms. The molecule has 44 heavy (non-hydrogen) atoms. The van der Waals surface area contributed by atoms with Crippen LogP contribution in [0.5, 0.6) is 11.5 Å². The summed E-state index contributed by atoms with van der Waals surface area (Å²) in [5, 5.41) is 20.7. The molecule has 2 rings (SSSR count). The van der Waals surface area contributed by atoms with Gasteiger partial charge in [0.1, 0.15) is 36.9 Å². The maximum absolute atomic E-state index is 10.4. The largest absolute Gasteiger partial charge is 0.491 e. The maximum Gasteiger partial charge on any atom is 0.119 e. The normalized spacial score (nSPS) is 12.8. The van der Waals surface area contributed by atoms with Crippen molar-refractivity contribution in [2.45, 2.75) is 130 Å². The third-order valence-corrected chi connectivity index (χ3v) is 7.66. The van der Waals surface area contributed by atoms with E-state index in [0.29, 0.717) is 13.2 Å². The fraction of sp³-hybridized carbons (Fsp3) is 0.684. The Balaban J connectivity index is 1.59. The molecule has 250 valence electrons. The SMILES string of the molecule is CCCCc1cc(CCCC)cc(OCC(O)COCCCCOCC(O)COc2cc(CCCC)cc(CCCC)c2)c1. The Bertz CT molecular complexity index is 861. The molecule has 2 N–H and O–H groups in total. The molecular formula is C38H62O6. The average Bonchev–Trinajstić information content (AvgIpc) is 3.03. The molecule has 2 unspecified atom stereocenters. The molecule has 0 saturated heterocycles. The minimum atomic E-state index is -0.671. The van der Waals surface area contributed by atoms with Crippen molar-refractivity contribution in [1.82, 2.24) is 0 Å². The Morgan fingerprint density at radius 2 is 0.773 bits per heavy atom. The van der Waals surface area contributed by atoms with Crippen LogP contribution in [0.4, 0.5) is 0 Å². The van der Waals surface area contributed by atoms with E-state index in [4.69, 9.17) is 18.9 Å². The fourth-order valence-electron chi connectivity index (χ4n) is 5.05. The van der Waals surface area contributed by atoms with Gasteiger partial charge in [0.2, 0.25) is 0 Å². The van der Waals surface area contributed by atoms with E-state index in [1.54, 1.807) is 0 Å². The predicted molar refractivity (Wildman–Crippen MR) is 181 cm³/mol. The number of ether oxygens (including phenoxy) is 4. The summed E-state index contributed by atoms with van der Waals surface area (Å²) in [5.74, 6) is 1.68. The third kappa shape index (κ3) is 17.4. The highest BCUT2D eigenvalue weighted by molar-refractivity contribution is 5.36. The fourth-order valence-corrected chi connectivity index (χ4v) is 5.05. The van der Waals surface area contributed by atoms with E-state index in [1.165, 1.54) is 73.6 Å². The first kappa shape index (κ1) is 38.1. The minimum Gasteiger partial charge on any atom is -0.491 e. The Hall–Kier alpha value is -2.12. The van der Waals surface area contributed by atoms with E-state index in [9.17, 15) is 10.2 Å². The first-order valence-electron chi connectivity index (χ1n) is 17.5. The van der Waals surface area contributed by atoms with Crippen LogP contribution < -0.4 is 9.47 Å². The molecule has 0 saturated carbocycles. The van der Waals surface area contributed by atoms with Crippen molar-refractivity contribution in [2.75, 3.05) is 39.6 Å². The van der Waals surface area contributed by atoms with Crippen LogP contribution in [0.25, 0.3) is 0 Å².